The van der Waals surface area contributed by atoms with Gasteiger partial charge >= 0.3 is 0 Å². The van der Waals surface area contributed by atoms with Crippen molar-refractivity contribution < 1.29 is 0 Å². The van der Waals surface area contributed by atoms with Gasteiger partial charge in [-0.1, -0.05) is 54.9 Å². The molecule has 18 heavy (non-hydrogen) atoms. The van der Waals surface area contributed by atoms with Gasteiger partial charge in [-0.05, 0) is 40.0 Å². The van der Waals surface area contributed by atoms with Gasteiger partial charge in [0, 0.05) is 0 Å². The minimum Gasteiger partial charge on any atom is -0.377 e. The van der Waals surface area contributed by atoms with Gasteiger partial charge in [-0.2, -0.15) is 0 Å². The van der Waals surface area contributed by atoms with Gasteiger partial charge in [0.05, 0.1) is 21.2 Å². The first-order chi connectivity index (χ1) is 8.72. The van der Waals surface area contributed by atoms with Gasteiger partial charge in [0.2, 0.25) is 0 Å². The van der Waals surface area contributed by atoms with Gasteiger partial charge in [-0.3, -0.25) is 0 Å². The molecule has 1 unspecified atom stereocenters. The maximum Gasteiger partial charge on any atom is 0.0593 e. The van der Waals surface area contributed by atoms with Crippen LogP contribution in [0.15, 0.2) is 53.0 Å². The van der Waals surface area contributed by atoms with Gasteiger partial charge in [-0.25, -0.2) is 0 Å². The first kappa shape index (κ1) is 13.4. The van der Waals surface area contributed by atoms with E-state index in [1.807, 2.05) is 24.3 Å². The van der Waals surface area contributed by atoms with Crippen molar-refractivity contribution in [2.24, 2.45) is 0 Å². The Balaban J connectivity index is 2.24. The van der Waals surface area contributed by atoms with Gasteiger partial charge in [0.15, 0.2) is 0 Å². The van der Waals surface area contributed by atoms with Crippen LogP contribution in [0.3, 0.4) is 0 Å². The standard InChI is InChI=1S/C15H15BrClN/c1-2-13(11-7-4-3-5-8-11)18-14-10-6-9-12(17)15(14)16/h3-10,13,18H,2H2,1H3. The highest BCUT2D eigenvalue weighted by atomic mass is 79.9. The first-order valence-electron chi connectivity index (χ1n) is 5.98. The molecule has 0 saturated heterocycles. The molecule has 0 aromatic heterocycles. The van der Waals surface area contributed by atoms with Crippen molar-refractivity contribution in [3.63, 3.8) is 0 Å². The summed E-state index contributed by atoms with van der Waals surface area (Å²) in [7, 11) is 0. The third kappa shape index (κ3) is 3.06. The lowest BCUT2D eigenvalue weighted by Crippen LogP contribution is -2.09. The maximum atomic E-state index is 6.10. The monoisotopic (exact) mass is 323 g/mol. The molecular formula is C15H15BrClN. The Labute approximate surface area is 121 Å². The van der Waals surface area contributed by atoms with E-state index in [-0.39, 0.29) is 0 Å². The highest BCUT2D eigenvalue weighted by Crippen LogP contribution is 2.33. The van der Waals surface area contributed by atoms with E-state index in [0.29, 0.717) is 6.04 Å². The van der Waals surface area contributed by atoms with Gasteiger partial charge in [-0.15, -0.1) is 0 Å². The molecule has 1 atom stereocenters. The van der Waals surface area contributed by atoms with E-state index >= 15 is 0 Å². The Morgan fingerprint density at radius 2 is 1.83 bits per heavy atom. The van der Waals surface area contributed by atoms with Crippen molar-refractivity contribution in [3.05, 3.63) is 63.6 Å². The van der Waals surface area contributed by atoms with Crippen molar-refractivity contribution in [2.75, 3.05) is 5.32 Å². The molecule has 0 radical (unpaired) electrons. The van der Waals surface area contributed by atoms with Crippen LogP contribution in [-0.4, -0.2) is 0 Å². The van der Waals surface area contributed by atoms with Gasteiger partial charge in [0.25, 0.3) is 0 Å². The fraction of sp³-hybridized carbons (Fsp3) is 0.200. The third-order valence-corrected chi connectivity index (χ3v) is 4.29. The van der Waals surface area contributed by atoms with Crippen molar-refractivity contribution in [1.82, 2.24) is 0 Å². The molecule has 2 aromatic rings. The summed E-state index contributed by atoms with van der Waals surface area (Å²) in [4.78, 5) is 0. The second-order valence-electron chi connectivity index (χ2n) is 4.12. The Morgan fingerprint density at radius 3 is 2.50 bits per heavy atom. The highest BCUT2D eigenvalue weighted by molar-refractivity contribution is 9.10. The molecule has 1 nitrogen and oxygen atoms in total. The molecule has 94 valence electrons. The van der Waals surface area contributed by atoms with Gasteiger partial charge in [0.1, 0.15) is 0 Å². The third-order valence-electron chi connectivity index (χ3n) is 2.89. The summed E-state index contributed by atoms with van der Waals surface area (Å²) in [5, 5.41) is 4.25. The van der Waals surface area contributed by atoms with Crippen molar-refractivity contribution >= 4 is 33.2 Å². The topological polar surface area (TPSA) is 12.0 Å². The largest absolute Gasteiger partial charge is 0.377 e. The average Bonchev–Trinajstić information content (AvgIpc) is 2.41. The summed E-state index contributed by atoms with van der Waals surface area (Å²) in [5.74, 6) is 0. The molecule has 3 heteroatoms. The number of benzene rings is 2. The number of rotatable bonds is 4. The highest BCUT2D eigenvalue weighted by Gasteiger charge is 2.11. The molecule has 0 fully saturated rings. The number of hydrogen-bond donors (Lipinski definition) is 1. The van der Waals surface area contributed by atoms with E-state index in [1.54, 1.807) is 0 Å². The normalized spacial score (nSPS) is 12.2. The molecule has 0 amide bonds. The minimum atomic E-state index is 0.293. The summed E-state index contributed by atoms with van der Waals surface area (Å²) in [5.41, 5.74) is 2.31. The summed E-state index contributed by atoms with van der Waals surface area (Å²) < 4.78 is 0.918. The Hall–Kier alpha value is -0.990. The Morgan fingerprint density at radius 1 is 1.11 bits per heavy atom. The SMILES string of the molecule is CCC(Nc1cccc(Cl)c1Br)c1ccccc1. The lowest BCUT2D eigenvalue weighted by molar-refractivity contribution is 0.749. The number of halogens is 2. The second-order valence-corrected chi connectivity index (χ2v) is 5.32. The van der Waals surface area contributed by atoms with Gasteiger partial charge < -0.3 is 5.32 Å². The molecule has 2 rings (SSSR count). The zero-order valence-corrected chi connectivity index (χ0v) is 12.5. The predicted octanol–water partition coefficient (Wildman–Crippen LogP) is 5.67. The molecule has 0 bridgehead atoms. The van der Waals surface area contributed by atoms with Crippen molar-refractivity contribution in [3.8, 4) is 0 Å². The minimum absolute atomic E-state index is 0.293. The van der Waals surface area contributed by atoms with Crippen LogP contribution >= 0.6 is 27.5 Å². The van der Waals surface area contributed by atoms with Crippen LogP contribution in [0.5, 0.6) is 0 Å². The molecule has 0 heterocycles. The zero-order chi connectivity index (χ0) is 13.0. The summed E-state index contributed by atoms with van der Waals surface area (Å²) in [6.45, 7) is 2.17. The molecule has 0 aliphatic rings. The molecule has 2 aromatic carbocycles. The van der Waals surface area contributed by atoms with E-state index in [4.69, 9.17) is 11.6 Å². The molecule has 1 N–H and O–H groups in total. The second kappa shape index (κ2) is 6.26. The average molecular weight is 325 g/mol. The zero-order valence-electron chi connectivity index (χ0n) is 10.2. The van der Waals surface area contributed by atoms with Crippen molar-refractivity contribution in [2.45, 2.75) is 19.4 Å². The number of anilines is 1. The lowest BCUT2D eigenvalue weighted by atomic mass is 10.0. The van der Waals surface area contributed by atoms with Crippen LogP contribution in [-0.2, 0) is 0 Å². The fourth-order valence-corrected chi connectivity index (χ4v) is 2.46. The van der Waals surface area contributed by atoms with Crippen LogP contribution < -0.4 is 5.32 Å². The van der Waals surface area contributed by atoms with E-state index < -0.39 is 0 Å². The van der Waals surface area contributed by atoms with Crippen molar-refractivity contribution in [1.29, 1.82) is 0 Å². The van der Waals surface area contributed by atoms with E-state index in [2.05, 4.69) is 52.4 Å². The molecule has 0 aliphatic carbocycles. The first-order valence-corrected chi connectivity index (χ1v) is 7.15. The summed E-state index contributed by atoms with van der Waals surface area (Å²) in [6, 6.07) is 16.6. The smallest absolute Gasteiger partial charge is 0.0593 e. The van der Waals surface area contributed by atoms with Crippen LogP contribution in [0, 0.1) is 0 Å². The van der Waals surface area contributed by atoms with Crippen LogP contribution in [0.4, 0.5) is 5.69 Å². The van der Waals surface area contributed by atoms with E-state index in [1.165, 1.54) is 5.56 Å². The molecule has 0 saturated carbocycles. The molecular weight excluding hydrogens is 310 g/mol. The van der Waals surface area contributed by atoms with E-state index in [0.717, 1.165) is 21.6 Å². The Kier molecular flexibility index (Phi) is 4.67. The number of nitrogens with one attached hydrogen (secondary N) is 1. The van der Waals surface area contributed by atoms with Crippen LogP contribution in [0.1, 0.15) is 24.9 Å². The van der Waals surface area contributed by atoms with Crippen LogP contribution in [0.2, 0.25) is 5.02 Å². The quantitative estimate of drug-likeness (QED) is 0.764. The number of hydrogen-bond acceptors (Lipinski definition) is 1. The molecule has 0 spiro atoms. The Bertz CT molecular complexity index is 513. The maximum absolute atomic E-state index is 6.10. The van der Waals surface area contributed by atoms with Crippen LogP contribution in [0.25, 0.3) is 0 Å². The fourth-order valence-electron chi connectivity index (χ4n) is 1.91. The van der Waals surface area contributed by atoms with E-state index in [9.17, 15) is 0 Å². The lowest BCUT2D eigenvalue weighted by Gasteiger charge is -2.20. The predicted molar refractivity (Wildman–Crippen MR) is 82.2 cm³/mol. The summed E-state index contributed by atoms with van der Waals surface area (Å²) >= 11 is 9.62. The molecule has 0 aliphatic heterocycles. The summed E-state index contributed by atoms with van der Waals surface area (Å²) in [6.07, 6.45) is 1.02.